The third-order valence-corrected chi connectivity index (χ3v) is 7.86. The molecule has 0 saturated carbocycles. The van der Waals surface area contributed by atoms with Crippen LogP contribution in [0.15, 0.2) is 94.9 Å². The molecule has 202 valence electrons. The second-order valence-corrected chi connectivity index (χ2v) is 11.2. The molecule has 0 radical (unpaired) electrons. The first-order valence-electron chi connectivity index (χ1n) is 12.3. The summed E-state index contributed by atoms with van der Waals surface area (Å²) in [5, 5.41) is 10.7. The number of rotatable bonds is 8. The van der Waals surface area contributed by atoms with Crippen molar-refractivity contribution < 1.29 is 19.2 Å². The predicted octanol–water partition coefficient (Wildman–Crippen LogP) is 4.18. The Morgan fingerprint density at radius 1 is 0.650 bits per heavy atom. The summed E-state index contributed by atoms with van der Waals surface area (Å²) in [5.41, 5.74) is 2.36. The van der Waals surface area contributed by atoms with Crippen LogP contribution in [0.25, 0.3) is 0 Å². The predicted molar refractivity (Wildman–Crippen MR) is 159 cm³/mol. The van der Waals surface area contributed by atoms with E-state index in [2.05, 4.69) is 31.3 Å². The van der Waals surface area contributed by atoms with Crippen molar-refractivity contribution >= 4 is 80.2 Å². The highest BCUT2D eigenvalue weighted by Gasteiger charge is 2.33. The molecule has 3 aromatic carbocycles. The zero-order chi connectivity index (χ0) is 27.9. The highest BCUT2D eigenvalue weighted by atomic mass is 32.2. The van der Waals surface area contributed by atoms with Crippen molar-refractivity contribution in [3.63, 3.8) is 0 Å². The van der Waals surface area contributed by atoms with Crippen LogP contribution >= 0.6 is 23.5 Å². The Hall–Kier alpha value is -4.42. The molecule has 2 aliphatic rings. The minimum Gasteiger partial charge on any atom is -0.326 e. The van der Waals surface area contributed by atoms with Crippen molar-refractivity contribution in [2.75, 3.05) is 10.6 Å². The van der Waals surface area contributed by atoms with E-state index < -0.39 is 10.5 Å². The van der Waals surface area contributed by atoms with Gasteiger partial charge < -0.3 is 21.3 Å². The lowest BCUT2D eigenvalue weighted by atomic mass is 10.2. The molecule has 2 aliphatic heterocycles. The summed E-state index contributed by atoms with van der Waals surface area (Å²) in [6, 6.07) is 25.1. The van der Waals surface area contributed by atoms with Gasteiger partial charge in [-0.15, -0.1) is 0 Å². The number of aliphatic imine (C=N–C) groups is 2. The Bertz CT molecular complexity index is 1390. The molecule has 10 nitrogen and oxygen atoms in total. The van der Waals surface area contributed by atoms with E-state index in [1.807, 2.05) is 60.7 Å². The van der Waals surface area contributed by atoms with Crippen molar-refractivity contribution in [3.8, 4) is 0 Å². The third kappa shape index (κ3) is 7.36. The standard InChI is InChI=1S/C28H24N6O4S2/c35-23(15-21-25(37)33-27(39-21)31-17-8-3-1-4-9-17)29-19-12-7-13-20(14-19)30-24(36)16-22-26(38)34-28(40-22)32-18-10-5-2-6-11-18/h1-14,21-22H,15-16H2,(H,29,35)(H,30,36)(H,31,33,37)(H,32,34,38)/t21-,22-/m1/s1. The van der Waals surface area contributed by atoms with E-state index in [1.54, 1.807) is 24.3 Å². The molecule has 4 amide bonds. The molecule has 0 aromatic heterocycles. The molecular formula is C28H24N6O4S2. The van der Waals surface area contributed by atoms with E-state index in [0.29, 0.717) is 33.1 Å². The van der Waals surface area contributed by atoms with Gasteiger partial charge in [0.05, 0.1) is 11.4 Å². The fourth-order valence-electron chi connectivity index (χ4n) is 3.86. The molecule has 4 N–H and O–H groups in total. The number of hydrogen-bond donors (Lipinski definition) is 4. The van der Waals surface area contributed by atoms with Gasteiger partial charge >= 0.3 is 0 Å². The first-order valence-corrected chi connectivity index (χ1v) is 14.1. The summed E-state index contributed by atoms with van der Waals surface area (Å²) < 4.78 is 0. The fourth-order valence-corrected chi connectivity index (χ4v) is 5.84. The van der Waals surface area contributed by atoms with Gasteiger partial charge in [0.25, 0.3) is 0 Å². The number of nitrogens with zero attached hydrogens (tertiary/aromatic N) is 2. The number of para-hydroxylation sites is 2. The van der Waals surface area contributed by atoms with E-state index in [-0.39, 0.29) is 36.5 Å². The van der Waals surface area contributed by atoms with Gasteiger partial charge in [0, 0.05) is 24.2 Å². The minimum absolute atomic E-state index is 0.0399. The summed E-state index contributed by atoms with van der Waals surface area (Å²) >= 11 is 2.42. The SMILES string of the molecule is O=C(C[C@H]1SC(=Nc2ccccc2)NC1=O)Nc1cccc(NC(=O)C[C@H]2SC(=Nc3ccccc3)NC2=O)c1. The normalized spacial score (nSPS) is 20.3. The second kappa shape index (κ2) is 12.6. The Morgan fingerprint density at radius 3 is 1.50 bits per heavy atom. The van der Waals surface area contributed by atoms with Gasteiger partial charge in [0.1, 0.15) is 10.5 Å². The Morgan fingerprint density at radius 2 is 1.07 bits per heavy atom. The van der Waals surface area contributed by atoms with Crippen LogP contribution in [0.5, 0.6) is 0 Å². The molecule has 2 atom stereocenters. The van der Waals surface area contributed by atoms with E-state index in [1.165, 1.54) is 23.5 Å². The van der Waals surface area contributed by atoms with Crippen molar-refractivity contribution in [3.05, 3.63) is 84.9 Å². The van der Waals surface area contributed by atoms with E-state index in [4.69, 9.17) is 0 Å². The highest BCUT2D eigenvalue weighted by molar-refractivity contribution is 8.16. The smallest absolute Gasteiger partial charge is 0.240 e. The van der Waals surface area contributed by atoms with E-state index in [0.717, 1.165) is 0 Å². The van der Waals surface area contributed by atoms with Crippen molar-refractivity contribution in [1.29, 1.82) is 0 Å². The van der Waals surface area contributed by atoms with Crippen LogP contribution in [0.4, 0.5) is 22.7 Å². The van der Waals surface area contributed by atoms with Gasteiger partial charge in [-0.1, -0.05) is 66.0 Å². The topological polar surface area (TPSA) is 141 Å². The average Bonchev–Trinajstić information content (AvgIpc) is 3.45. The number of carbonyl (C=O) groups is 4. The zero-order valence-corrected chi connectivity index (χ0v) is 22.6. The zero-order valence-electron chi connectivity index (χ0n) is 21.0. The maximum absolute atomic E-state index is 12.7. The van der Waals surface area contributed by atoms with E-state index in [9.17, 15) is 19.2 Å². The molecular weight excluding hydrogens is 548 g/mol. The van der Waals surface area contributed by atoms with Crippen molar-refractivity contribution in [2.45, 2.75) is 23.3 Å². The molecule has 0 aliphatic carbocycles. The number of hydrogen-bond acceptors (Lipinski definition) is 8. The number of nitrogens with one attached hydrogen (secondary N) is 4. The Labute approximate surface area is 238 Å². The van der Waals surface area contributed by atoms with E-state index >= 15 is 0 Å². The minimum atomic E-state index is -0.601. The lowest BCUT2D eigenvalue weighted by molar-refractivity contribution is -0.122. The maximum Gasteiger partial charge on any atom is 0.240 e. The Kier molecular flexibility index (Phi) is 8.57. The molecule has 5 rings (SSSR count). The molecule has 0 spiro atoms. The molecule has 40 heavy (non-hydrogen) atoms. The monoisotopic (exact) mass is 572 g/mol. The number of amidine groups is 2. The molecule has 2 fully saturated rings. The average molecular weight is 573 g/mol. The first kappa shape index (κ1) is 27.2. The van der Waals surface area contributed by atoms with Gasteiger partial charge in [0.2, 0.25) is 23.6 Å². The van der Waals surface area contributed by atoms with Crippen LogP contribution in [-0.4, -0.2) is 44.5 Å². The number of amides is 4. The first-order chi connectivity index (χ1) is 19.4. The quantitative estimate of drug-likeness (QED) is 0.319. The van der Waals surface area contributed by atoms with Crippen molar-refractivity contribution in [2.24, 2.45) is 9.98 Å². The van der Waals surface area contributed by atoms with Gasteiger partial charge in [0.15, 0.2) is 10.3 Å². The number of thioether (sulfide) groups is 2. The molecule has 2 heterocycles. The lowest BCUT2D eigenvalue weighted by Gasteiger charge is -2.11. The second-order valence-electron chi connectivity index (χ2n) is 8.78. The molecule has 2 saturated heterocycles. The van der Waals surface area contributed by atoms with Crippen LogP contribution in [0.3, 0.4) is 0 Å². The summed E-state index contributed by atoms with van der Waals surface area (Å²) in [5.74, 6) is -1.24. The van der Waals surface area contributed by atoms with Gasteiger partial charge in [-0.25, -0.2) is 9.98 Å². The third-order valence-electron chi connectivity index (χ3n) is 5.70. The van der Waals surface area contributed by atoms with Crippen molar-refractivity contribution in [1.82, 2.24) is 10.6 Å². The van der Waals surface area contributed by atoms with Gasteiger partial charge in [-0.3, -0.25) is 19.2 Å². The van der Waals surface area contributed by atoms with Crippen LogP contribution in [-0.2, 0) is 19.2 Å². The Balaban J connectivity index is 1.12. The van der Waals surface area contributed by atoms with Crippen LogP contribution in [0.1, 0.15) is 12.8 Å². The van der Waals surface area contributed by atoms with Gasteiger partial charge in [-0.2, -0.15) is 0 Å². The summed E-state index contributed by atoms with van der Waals surface area (Å²) in [7, 11) is 0. The van der Waals surface area contributed by atoms with Crippen LogP contribution < -0.4 is 21.3 Å². The van der Waals surface area contributed by atoms with Crippen LogP contribution in [0, 0.1) is 0 Å². The molecule has 12 heteroatoms. The number of carbonyl (C=O) groups excluding carboxylic acids is 4. The lowest BCUT2D eigenvalue weighted by Crippen LogP contribution is -2.28. The number of anilines is 2. The maximum atomic E-state index is 12.7. The molecule has 0 bridgehead atoms. The fraction of sp³-hybridized carbons (Fsp3) is 0.143. The summed E-state index contributed by atoms with van der Waals surface area (Å²) in [6.07, 6.45) is -0.0798. The summed E-state index contributed by atoms with van der Waals surface area (Å²) in [6.45, 7) is 0. The largest absolute Gasteiger partial charge is 0.326 e. The highest BCUT2D eigenvalue weighted by Crippen LogP contribution is 2.27. The molecule has 0 unspecified atom stereocenters. The summed E-state index contributed by atoms with van der Waals surface area (Å²) in [4.78, 5) is 58.8. The number of benzene rings is 3. The molecule has 3 aromatic rings. The van der Waals surface area contributed by atoms with Gasteiger partial charge in [-0.05, 0) is 42.5 Å². The van der Waals surface area contributed by atoms with Crippen LogP contribution in [0.2, 0.25) is 0 Å².